The maximum atomic E-state index is 12.0. The number of nitrogens with one attached hydrogen (secondary N) is 3. The van der Waals surface area contributed by atoms with Crippen molar-refractivity contribution in [3.8, 4) is 0 Å². The van der Waals surface area contributed by atoms with Crippen molar-refractivity contribution in [1.29, 1.82) is 0 Å². The Balaban J connectivity index is 1.80. The van der Waals surface area contributed by atoms with Crippen molar-refractivity contribution in [2.75, 3.05) is 11.9 Å². The van der Waals surface area contributed by atoms with Crippen LogP contribution in [0.25, 0.3) is 6.08 Å². The number of carbonyl (C=O) groups excluding carboxylic acids is 3. The third-order valence-corrected chi connectivity index (χ3v) is 4.02. The molecule has 0 aliphatic rings. The second kappa shape index (κ2) is 11.2. The fourth-order valence-corrected chi connectivity index (χ4v) is 2.55. The molecule has 2 aromatic carbocycles. The first kappa shape index (κ1) is 24.0. The van der Waals surface area contributed by atoms with E-state index >= 15 is 0 Å². The molecular formula is C23H26ClN3O4. The Bertz CT molecular complexity index is 950. The molecule has 2 aromatic rings. The van der Waals surface area contributed by atoms with Crippen LogP contribution in [-0.4, -0.2) is 30.1 Å². The second-order valence-electron chi connectivity index (χ2n) is 7.71. The van der Waals surface area contributed by atoms with Gasteiger partial charge in [-0.2, -0.15) is 0 Å². The summed E-state index contributed by atoms with van der Waals surface area (Å²) in [6, 6.07) is 14.2. The highest BCUT2D eigenvalue weighted by atomic mass is 35.5. The Morgan fingerprint density at radius 2 is 1.74 bits per heavy atom. The van der Waals surface area contributed by atoms with Gasteiger partial charge in [0.15, 0.2) is 0 Å². The Hall–Kier alpha value is -3.32. The summed E-state index contributed by atoms with van der Waals surface area (Å²) < 4.78 is 5.08. The fraction of sp³-hybridized carbons (Fsp3) is 0.261. The molecule has 0 fully saturated rings. The average molecular weight is 444 g/mol. The number of ether oxygens (including phenoxy) is 1. The van der Waals surface area contributed by atoms with Gasteiger partial charge in [0.25, 0.3) is 0 Å². The predicted molar refractivity (Wildman–Crippen MR) is 122 cm³/mol. The van der Waals surface area contributed by atoms with Crippen LogP contribution < -0.4 is 16.0 Å². The minimum absolute atomic E-state index is 0.217. The van der Waals surface area contributed by atoms with Crippen LogP contribution in [0, 0.1) is 0 Å². The second-order valence-corrected chi connectivity index (χ2v) is 8.14. The summed E-state index contributed by atoms with van der Waals surface area (Å²) in [5.74, 6) is -0.635. The standard InChI is InChI=1S/C23H26ClN3O4/c1-23(2,3)31-22(30)26-15-21(29)27-19-6-4-5-17(13-19)14-25-20(28)12-9-16-7-10-18(24)11-8-16/h4-13H,14-15H2,1-3H3,(H,25,28)(H,26,30)(H,27,29)/b12-9+. The lowest BCUT2D eigenvalue weighted by Crippen LogP contribution is -2.37. The number of hydrogen-bond acceptors (Lipinski definition) is 4. The van der Waals surface area contributed by atoms with Crippen molar-refractivity contribution in [2.45, 2.75) is 32.9 Å². The normalized spacial score (nSPS) is 11.1. The van der Waals surface area contributed by atoms with E-state index in [2.05, 4.69) is 16.0 Å². The molecule has 0 saturated carbocycles. The summed E-state index contributed by atoms with van der Waals surface area (Å²) in [6.45, 7) is 5.30. The maximum absolute atomic E-state index is 12.0. The van der Waals surface area contributed by atoms with Gasteiger partial charge in [-0.05, 0) is 62.2 Å². The molecule has 0 saturated heterocycles. The van der Waals surface area contributed by atoms with Crippen LogP contribution in [0.1, 0.15) is 31.9 Å². The van der Waals surface area contributed by atoms with Gasteiger partial charge in [-0.25, -0.2) is 4.79 Å². The Labute approximate surface area is 186 Å². The van der Waals surface area contributed by atoms with E-state index in [4.69, 9.17) is 16.3 Å². The smallest absolute Gasteiger partial charge is 0.408 e. The first-order valence-electron chi connectivity index (χ1n) is 9.68. The van der Waals surface area contributed by atoms with Gasteiger partial charge in [0.2, 0.25) is 11.8 Å². The van der Waals surface area contributed by atoms with Gasteiger partial charge < -0.3 is 20.7 Å². The Morgan fingerprint density at radius 1 is 1.03 bits per heavy atom. The van der Waals surface area contributed by atoms with E-state index in [0.29, 0.717) is 17.3 Å². The van der Waals surface area contributed by atoms with Crippen LogP contribution in [0.3, 0.4) is 0 Å². The molecule has 3 amide bonds. The molecule has 0 unspecified atom stereocenters. The Kier molecular flexibility index (Phi) is 8.63. The van der Waals surface area contributed by atoms with Gasteiger partial charge in [-0.3, -0.25) is 9.59 Å². The van der Waals surface area contributed by atoms with Crippen molar-refractivity contribution in [2.24, 2.45) is 0 Å². The highest BCUT2D eigenvalue weighted by Crippen LogP contribution is 2.12. The highest BCUT2D eigenvalue weighted by Gasteiger charge is 2.16. The number of alkyl carbamates (subject to hydrolysis) is 1. The number of benzene rings is 2. The van der Waals surface area contributed by atoms with Crippen molar-refractivity contribution in [3.05, 3.63) is 70.8 Å². The van der Waals surface area contributed by atoms with Gasteiger partial charge in [0, 0.05) is 23.3 Å². The topological polar surface area (TPSA) is 96.5 Å². The summed E-state index contributed by atoms with van der Waals surface area (Å²) in [6.07, 6.45) is 2.47. The summed E-state index contributed by atoms with van der Waals surface area (Å²) in [7, 11) is 0. The quantitative estimate of drug-likeness (QED) is 0.560. The molecule has 7 nitrogen and oxygen atoms in total. The molecule has 0 aliphatic carbocycles. The first-order chi connectivity index (χ1) is 14.6. The van der Waals surface area contributed by atoms with Crippen LogP contribution in [0.2, 0.25) is 5.02 Å². The largest absolute Gasteiger partial charge is 0.444 e. The van der Waals surface area contributed by atoms with E-state index in [1.54, 1.807) is 57.2 Å². The molecular weight excluding hydrogens is 418 g/mol. The minimum atomic E-state index is -0.661. The lowest BCUT2D eigenvalue weighted by Gasteiger charge is -2.19. The molecule has 0 heterocycles. The number of amides is 3. The van der Waals surface area contributed by atoms with Gasteiger partial charge in [-0.1, -0.05) is 35.9 Å². The van der Waals surface area contributed by atoms with E-state index in [1.807, 2.05) is 18.2 Å². The van der Waals surface area contributed by atoms with Gasteiger partial charge in [0.05, 0.1) is 0 Å². The van der Waals surface area contributed by atoms with Crippen molar-refractivity contribution < 1.29 is 19.1 Å². The monoisotopic (exact) mass is 443 g/mol. The third-order valence-electron chi connectivity index (χ3n) is 3.77. The van der Waals surface area contributed by atoms with Gasteiger partial charge in [0.1, 0.15) is 12.1 Å². The van der Waals surface area contributed by atoms with Crippen LogP contribution in [-0.2, 0) is 20.9 Å². The van der Waals surface area contributed by atoms with E-state index in [0.717, 1.165) is 11.1 Å². The zero-order valence-electron chi connectivity index (χ0n) is 17.7. The molecule has 0 bridgehead atoms. The molecule has 0 radical (unpaired) electrons. The molecule has 2 rings (SSSR count). The molecule has 0 aromatic heterocycles. The Morgan fingerprint density at radius 3 is 2.42 bits per heavy atom. The molecule has 0 spiro atoms. The molecule has 164 valence electrons. The number of halogens is 1. The predicted octanol–water partition coefficient (Wildman–Crippen LogP) is 4.13. The van der Waals surface area contributed by atoms with Crippen molar-refractivity contribution >= 4 is 41.3 Å². The van der Waals surface area contributed by atoms with Crippen LogP contribution in [0.5, 0.6) is 0 Å². The summed E-state index contributed by atoms with van der Waals surface area (Å²) in [5.41, 5.74) is 1.60. The SMILES string of the molecule is CC(C)(C)OC(=O)NCC(=O)Nc1cccc(CNC(=O)/C=C/c2ccc(Cl)cc2)c1. The summed E-state index contributed by atoms with van der Waals surface area (Å²) >= 11 is 5.84. The molecule has 3 N–H and O–H groups in total. The van der Waals surface area contributed by atoms with E-state index < -0.39 is 17.6 Å². The number of hydrogen-bond donors (Lipinski definition) is 3. The zero-order chi connectivity index (χ0) is 22.9. The number of rotatable bonds is 7. The van der Waals surface area contributed by atoms with Crippen LogP contribution >= 0.6 is 11.6 Å². The minimum Gasteiger partial charge on any atom is -0.444 e. The van der Waals surface area contributed by atoms with Crippen LogP contribution in [0.4, 0.5) is 10.5 Å². The van der Waals surface area contributed by atoms with Gasteiger partial charge >= 0.3 is 6.09 Å². The number of anilines is 1. The van der Waals surface area contributed by atoms with E-state index in [9.17, 15) is 14.4 Å². The van der Waals surface area contributed by atoms with Crippen molar-refractivity contribution in [1.82, 2.24) is 10.6 Å². The van der Waals surface area contributed by atoms with E-state index in [1.165, 1.54) is 6.08 Å². The molecule has 31 heavy (non-hydrogen) atoms. The lowest BCUT2D eigenvalue weighted by atomic mass is 10.2. The molecule has 8 heteroatoms. The maximum Gasteiger partial charge on any atom is 0.408 e. The lowest BCUT2D eigenvalue weighted by molar-refractivity contribution is -0.117. The van der Waals surface area contributed by atoms with Crippen LogP contribution in [0.15, 0.2) is 54.6 Å². The van der Waals surface area contributed by atoms with Crippen molar-refractivity contribution in [3.63, 3.8) is 0 Å². The van der Waals surface area contributed by atoms with Gasteiger partial charge in [-0.15, -0.1) is 0 Å². The molecule has 0 aliphatic heterocycles. The average Bonchev–Trinajstić information content (AvgIpc) is 2.69. The first-order valence-corrected chi connectivity index (χ1v) is 10.1. The summed E-state index contributed by atoms with van der Waals surface area (Å²) in [4.78, 5) is 35.7. The summed E-state index contributed by atoms with van der Waals surface area (Å²) in [5, 5.41) is 8.51. The molecule has 0 atom stereocenters. The highest BCUT2D eigenvalue weighted by molar-refractivity contribution is 6.30. The third kappa shape index (κ3) is 9.82. The zero-order valence-corrected chi connectivity index (χ0v) is 18.5. The van der Waals surface area contributed by atoms with E-state index in [-0.39, 0.29) is 12.5 Å². The fourth-order valence-electron chi connectivity index (χ4n) is 2.42. The number of carbonyl (C=O) groups is 3.